The van der Waals surface area contributed by atoms with Gasteiger partial charge in [0.05, 0.1) is 0 Å². The molecule has 96 valence electrons. The lowest BCUT2D eigenvalue weighted by atomic mass is 10.3. The summed E-state index contributed by atoms with van der Waals surface area (Å²) in [6, 6.07) is 7.32. The van der Waals surface area contributed by atoms with Crippen molar-refractivity contribution in [1.29, 1.82) is 0 Å². The SMILES string of the molecule is CCCc1nc(COc2ccc(N)cc2)n(C)n1. The number of rotatable bonds is 5. The van der Waals surface area contributed by atoms with Crippen LogP contribution in [0.15, 0.2) is 24.3 Å². The molecule has 0 unspecified atom stereocenters. The van der Waals surface area contributed by atoms with Gasteiger partial charge in [-0.05, 0) is 30.7 Å². The van der Waals surface area contributed by atoms with Crippen molar-refractivity contribution in [3.8, 4) is 5.75 Å². The molecule has 0 amide bonds. The lowest BCUT2D eigenvalue weighted by Crippen LogP contribution is -2.04. The molecule has 0 aliphatic rings. The lowest BCUT2D eigenvalue weighted by Gasteiger charge is -2.05. The van der Waals surface area contributed by atoms with Gasteiger partial charge in [0.25, 0.3) is 0 Å². The molecule has 0 atom stereocenters. The number of hydrogen-bond donors (Lipinski definition) is 1. The van der Waals surface area contributed by atoms with Gasteiger partial charge in [-0.1, -0.05) is 6.92 Å². The van der Waals surface area contributed by atoms with Crippen molar-refractivity contribution in [3.63, 3.8) is 0 Å². The highest BCUT2D eigenvalue weighted by atomic mass is 16.5. The standard InChI is InChI=1S/C13H18N4O/c1-3-4-12-15-13(17(2)16-12)9-18-11-7-5-10(14)6-8-11/h5-8H,3-4,9,14H2,1-2H3. The van der Waals surface area contributed by atoms with Gasteiger partial charge >= 0.3 is 0 Å². The molecule has 2 rings (SSSR count). The molecule has 1 aromatic heterocycles. The van der Waals surface area contributed by atoms with E-state index in [-0.39, 0.29) is 0 Å². The Morgan fingerprint density at radius 2 is 2.00 bits per heavy atom. The topological polar surface area (TPSA) is 66.0 Å². The summed E-state index contributed by atoms with van der Waals surface area (Å²) in [4.78, 5) is 4.43. The van der Waals surface area contributed by atoms with Crippen molar-refractivity contribution >= 4 is 5.69 Å². The lowest BCUT2D eigenvalue weighted by molar-refractivity contribution is 0.290. The summed E-state index contributed by atoms with van der Waals surface area (Å²) < 4.78 is 7.41. The summed E-state index contributed by atoms with van der Waals surface area (Å²) in [5, 5.41) is 4.33. The second-order valence-electron chi connectivity index (χ2n) is 4.18. The van der Waals surface area contributed by atoms with Crippen molar-refractivity contribution in [3.05, 3.63) is 35.9 Å². The average Bonchev–Trinajstić information content (AvgIpc) is 2.70. The highest BCUT2D eigenvalue weighted by molar-refractivity contribution is 5.41. The molecule has 18 heavy (non-hydrogen) atoms. The second-order valence-corrected chi connectivity index (χ2v) is 4.18. The minimum absolute atomic E-state index is 0.414. The van der Waals surface area contributed by atoms with Crippen LogP contribution in [0.3, 0.4) is 0 Å². The first-order chi connectivity index (χ1) is 8.69. The van der Waals surface area contributed by atoms with Gasteiger partial charge in [0.1, 0.15) is 12.4 Å². The molecule has 0 saturated heterocycles. The van der Waals surface area contributed by atoms with Gasteiger partial charge in [0, 0.05) is 19.2 Å². The largest absolute Gasteiger partial charge is 0.486 e. The molecule has 1 aromatic carbocycles. The van der Waals surface area contributed by atoms with E-state index in [1.807, 2.05) is 31.3 Å². The molecule has 1 heterocycles. The summed E-state index contributed by atoms with van der Waals surface area (Å²) in [6.45, 7) is 2.53. The maximum absolute atomic E-state index is 5.64. The number of aromatic nitrogens is 3. The fraction of sp³-hybridized carbons (Fsp3) is 0.385. The molecular weight excluding hydrogens is 228 g/mol. The maximum atomic E-state index is 5.64. The van der Waals surface area contributed by atoms with E-state index in [4.69, 9.17) is 10.5 Å². The summed E-state index contributed by atoms with van der Waals surface area (Å²) in [5.41, 5.74) is 6.34. The molecule has 0 spiro atoms. The Morgan fingerprint density at radius 3 is 2.67 bits per heavy atom. The first-order valence-electron chi connectivity index (χ1n) is 6.06. The molecule has 5 heteroatoms. The maximum Gasteiger partial charge on any atom is 0.164 e. The van der Waals surface area contributed by atoms with E-state index in [1.54, 1.807) is 4.68 Å². The minimum Gasteiger partial charge on any atom is -0.486 e. The van der Waals surface area contributed by atoms with Crippen molar-refractivity contribution in [2.45, 2.75) is 26.4 Å². The number of nitrogen functional groups attached to an aromatic ring is 1. The van der Waals surface area contributed by atoms with E-state index in [0.717, 1.165) is 35.9 Å². The van der Waals surface area contributed by atoms with Crippen LogP contribution < -0.4 is 10.5 Å². The van der Waals surface area contributed by atoms with E-state index < -0.39 is 0 Å². The van der Waals surface area contributed by atoms with Gasteiger partial charge in [-0.2, -0.15) is 5.10 Å². The van der Waals surface area contributed by atoms with Gasteiger partial charge in [-0.25, -0.2) is 9.67 Å². The van der Waals surface area contributed by atoms with Gasteiger partial charge in [0.15, 0.2) is 11.6 Å². The molecule has 0 fully saturated rings. The van der Waals surface area contributed by atoms with Gasteiger partial charge in [-0.15, -0.1) is 0 Å². The fourth-order valence-corrected chi connectivity index (χ4v) is 1.64. The van der Waals surface area contributed by atoms with Crippen LogP contribution in [0.4, 0.5) is 5.69 Å². The molecule has 2 aromatic rings. The first kappa shape index (κ1) is 12.4. The van der Waals surface area contributed by atoms with Gasteiger partial charge in [0.2, 0.25) is 0 Å². The van der Waals surface area contributed by atoms with Crippen molar-refractivity contribution in [2.75, 3.05) is 5.73 Å². The number of nitrogens with two attached hydrogens (primary N) is 1. The van der Waals surface area contributed by atoms with Crippen LogP contribution >= 0.6 is 0 Å². The third-order valence-corrected chi connectivity index (χ3v) is 2.62. The zero-order valence-electron chi connectivity index (χ0n) is 10.8. The molecule has 5 nitrogen and oxygen atoms in total. The van der Waals surface area contributed by atoms with Crippen LogP contribution in [0.5, 0.6) is 5.75 Å². The Hall–Kier alpha value is -2.04. The molecule has 0 aliphatic heterocycles. The smallest absolute Gasteiger partial charge is 0.164 e. The summed E-state index contributed by atoms with van der Waals surface area (Å²) >= 11 is 0. The number of nitrogens with zero attached hydrogens (tertiary/aromatic N) is 3. The third-order valence-electron chi connectivity index (χ3n) is 2.62. The van der Waals surface area contributed by atoms with Crippen LogP contribution in [0.25, 0.3) is 0 Å². The Balaban J connectivity index is 1.99. The predicted molar refractivity (Wildman–Crippen MR) is 70.2 cm³/mol. The minimum atomic E-state index is 0.414. The van der Waals surface area contributed by atoms with E-state index in [0.29, 0.717) is 6.61 Å². The van der Waals surface area contributed by atoms with Crippen LogP contribution in [0, 0.1) is 0 Å². The second kappa shape index (κ2) is 5.53. The van der Waals surface area contributed by atoms with Crippen molar-refractivity contribution in [2.24, 2.45) is 7.05 Å². The molecule has 0 saturated carbocycles. The Morgan fingerprint density at radius 1 is 1.28 bits per heavy atom. The Bertz CT molecular complexity index is 504. The summed E-state index contributed by atoms with van der Waals surface area (Å²) in [5.74, 6) is 2.48. The van der Waals surface area contributed by atoms with Crippen LogP contribution in [0.1, 0.15) is 25.0 Å². The monoisotopic (exact) mass is 246 g/mol. The van der Waals surface area contributed by atoms with Crippen LogP contribution in [-0.2, 0) is 20.1 Å². The van der Waals surface area contributed by atoms with E-state index in [9.17, 15) is 0 Å². The number of ether oxygens (including phenoxy) is 1. The van der Waals surface area contributed by atoms with E-state index >= 15 is 0 Å². The average molecular weight is 246 g/mol. The van der Waals surface area contributed by atoms with Crippen LogP contribution in [-0.4, -0.2) is 14.8 Å². The summed E-state index contributed by atoms with van der Waals surface area (Å²) in [7, 11) is 1.88. The molecule has 0 bridgehead atoms. The van der Waals surface area contributed by atoms with Crippen molar-refractivity contribution < 1.29 is 4.74 Å². The van der Waals surface area contributed by atoms with Gasteiger partial charge in [-0.3, -0.25) is 0 Å². The number of aryl methyl sites for hydroxylation is 2. The highest BCUT2D eigenvalue weighted by Crippen LogP contribution is 2.14. The van der Waals surface area contributed by atoms with Gasteiger partial charge < -0.3 is 10.5 Å². The molecular formula is C13H18N4O. The number of benzene rings is 1. The molecule has 2 N–H and O–H groups in total. The predicted octanol–water partition coefficient (Wildman–Crippen LogP) is 1.93. The quantitative estimate of drug-likeness (QED) is 0.819. The third kappa shape index (κ3) is 3.00. The number of hydrogen-bond acceptors (Lipinski definition) is 4. The van der Waals surface area contributed by atoms with E-state index in [2.05, 4.69) is 17.0 Å². The first-order valence-corrected chi connectivity index (χ1v) is 6.06. The van der Waals surface area contributed by atoms with Crippen molar-refractivity contribution in [1.82, 2.24) is 14.8 Å². The fourth-order valence-electron chi connectivity index (χ4n) is 1.64. The Labute approximate surface area is 107 Å². The zero-order valence-corrected chi connectivity index (χ0v) is 10.8. The normalized spacial score (nSPS) is 10.6. The van der Waals surface area contributed by atoms with E-state index in [1.165, 1.54) is 0 Å². The highest BCUT2D eigenvalue weighted by Gasteiger charge is 2.07. The zero-order chi connectivity index (χ0) is 13.0. The summed E-state index contributed by atoms with van der Waals surface area (Å²) in [6.07, 6.45) is 1.94. The molecule has 0 radical (unpaired) electrons. The molecule has 0 aliphatic carbocycles. The Kier molecular flexibility index (Phi) is 3.82. The van der Waals surface area contributed by atoms with Crippen LogP contribution in [0.2, 0.25) is 0 Å². The number of anilines is 1.